The van der Waals surface area contributed by atoms with E-state index in [0.29, 0.717) is 17.0 Å². The first-order valence-electron chi connectivity index (χ1n) is 10.2. The van der Waals surface area contributed by atoms with Gasteiger partial charge in [-0.3, -0.25) is 9.59 Å². The van der Waals surface area contributed by atoms with Gasteiger partial charge in [-0.15, -0.1) is 11.8 Å². The van der Waals surface area contributed by atoms with Crippen LogP contribution in [0.3, 0.4) is 0 Å². The molecule has 0 aliphatic carbocycles. The van der Waals surface area contributed by atoms with Gasteiger partial charge in [0.2, 0.25) is 5.91 Å². The fourth-order valence-electron chi connectivity index (χ4n) is 4.82. The highest BCUT2D eigenvalue weighted by Crippen LogP contribution is 2.52. The molecule has 0 spiro atoms. The van der Waals surface area contributed by atoms with Gasteiger partial charge in [0.15, 0.2) is 12.4 Å². The predicted octanol–water partition coefficient (Wildman–Crippen LogP) is 1.66. The van der Waals surface area contributed by atoms with Gasteiger partial charge in [0.25, 0.3) is 5.24 Å². The maximum Gasteiger partial charge on any atom is 0.269 e. The number of rotatable bonds is 7. The number of hydrogen-bond acceptors (Lipinski definition) is 5. The Bertz CT molecular complexity index is 832. The molecule has 2 N–H and O–H groups in total. The van der Waals surface area contributed by atoms with Gasteiger partial charge in [-0.1, -0.05) is 13.0 Å². The number of aliphatic hydroxyl groups is 1. The highest BCUT2D eigenvalue weighted by atomic mass is 35.5. The first kappa shape index (κ1) is 20.8. The second-order valence-electron chi connectivity index (χ2n) is 8.22. The second kappa shape index (κ2) is 8.38. The van der Waals surface area contributed by atoms with E-state index < -0.39 is 17.3 Å². The van der Waals surface area contributed by atoms with E-state index in [2.05, 4.69) is 22.3 Å². The number of nitrogens with zero attached hydrogens (tertiary/aromatic N) is 2. The summed E-state index contributed by atoms with van der Waals surface area (Å²) in [5.74, 6) is -0.640. The summed E-state index contributed by atoms with van der Waals surface area (Å²) in [4.78, 5) is 27.0. The van der Waals surface area contributed by atoms with Gasteiger partial charge >= 0.3 is 0 Å². The third kappa shape index (κ3) is 3.85. The van der Waals surface area contributed by atoms with Crippen molar-refractivity contribution in [3.63, 3.8) is 0 Å². The molecule has 1 aromatic rings. The Morgan fingerprint density at radius 1 is 1.41 bits per heavy atom. The first-order valence-corrected chi connectivity index (χ1v) is 11.4. The number of allylic oxidation sites excluding steroid dienone is 1. The smallest absolute Gasteiger partial charge is 0.269 e. The van der Waals surface area contributed by atoms with Crippen molar-refractivity contribution in [3.8, 4) is 0 Å². The number of β-lactam (4-membered cyclic amide) rings is 1. The first-order chi connectivity index (χ1) is 13.9. The van der Waals surface area contributed by atoms with Crippen LogP contribution in [0.5, 0.6) is 0 Å². The highest BCUT2D eigenvalue weighted by molar-refractivity contribution is 8.03. The van der Waals surface area contributed by atoms with Crippen molar-refractivity contribution >= 4 is 34.5 Å². The molecule has 1 amide bonds. The van der Waals surface area contributed by atoms with Gasteiger partial charge < -0.3 is 15.3 Å². The van der Waals surface area contributed by atoms with Crippen LogP contribution < -0.4 is 9.88 Å². The quantitative estimate of drug-likeness (QED) is 0.386. The Morgan fingerprint density at radius 3 is 2.79 bits per heavy atom. The van der Waals surface area contributed by atoms with Crippen molar-refractivity contribution in [1.29, 1.82) is 0 Å². The van der Waals surface area contributed by atoms with Crippen molar-refractivity contribution in [2.75, 3.05) is 6.54 Å². The zero-order chi connectivity index (χ0) is 20.7. The molecule has 4 heterocycles. The van der Waals surface area contributed by atoms with Crippen LogP contribution in [-0.2, 0) is 16.1 Å². The zero-order valence-electron chi connectivity index (χ0n) is 16.6. The Labute approximate surface area is 180 Å². The number of fused-ring (bicyclic) bond motifs is 1. The molecule has 0 unspecified atom stereocenters. The van der Waals surface area contributed by atoms with Gasteiger partial charge in [-0.25, -0.2) is 4.57 Å². The van der Waals surface area contributed by atoms with Crippen LogP contribution in [0, 0.1) is 11.8 Å². The lowest BCUT2D eigenvalue weighted by molar-refractivity contribution is -0.697. The number of hydrogen-bond donors (Lipinski definition) is 2. The lowest BCUT2D eigenvalue weighted by atomic mass is 9.79. The standard InChI is InChI=1S/C21H27ClN3O3S/c1-12-17-16(13(2)26)21(28)25(17)18(20(22)27)19(12)29-15-10-14(23-11-15)6-9-24-7-4-3-5-8-24/h3-5,7-8,12-17,23,26H,6,9-11H2,1-2H3/q+1/t12-,13-,14-,15+,16-,17-/m1/s1. The second-order valence-corrected chi connectivity index (χ2v) is 9.91. The van der Waals surface area contributed by atoms with E-state index in [1.165, 1.54) is 4.90 Å². The fraction of sp³-hybridized carbons (Fsp3) is 0.571. The van der Waals surface area contributed by atoms with Gasteiger partial charge in [-0.05, 0) is 24.9 Å². The lowest BCUT2D eigenvalue weighted by Gasteiger charge is -2.46. The van der Waals surface area contributed by atoms with Crippen molar-refractivity contribution < 1.29 is 19.3 Å². The number of aromatic nitrogens is 1. The molecule has 1 aromatic heterocycles. The summed E-state index contributed by atoms with van der Waals surface area (Å²) in [6.45, 7) is 5.49. The molecular formula is C21H27ClN3O3S+. The molecule has 29 heavy (non-hydrogen) atoms. The molecule has 0 bridgehead atoms. The number of carbonyl (C=O) groups is 2. The molecule has 3 aliphatic rings. The van der Waals surface area contributed by atoms with Crippen LogP contribution >= 0.6 is 23.4 Å². The minimum atomic E-state index is -0.727. The molecule has 3 aliphatic heterocycles. The van der Waals surface area contributed by atoms with Crippen LogP contribution in [0.15, 0.2) is 41.2 Å². The van der Waals surface area contributed by atoms with Crippen LogP contribution in [-0.4, -0.2) is 51.1 Å². The van der Waals surface area contributed by atoms with Gasteiger partial charge in [0.1, 0.15) is 12.2 Å². The van der Waals surface area contributed by atoms with Crippen LogP contribution in [0.2, 0.25) is 0 Å². The van der Waals surface area contributed by atoms with Crippen molar-refractivity contribution in [2.45, 2.75) is 56.7 Å². The number of amides is 1. The zero-order valence-corrected chi connectivity index (χ0v) is 18.2. The van der Waals surface area contributed by atoms with Crippen LogP contribution in [0.4, 0.5) is 0 Å². The number of thioether (sulfide) groups is 1. The van der Waals surface area contributed by atoms with Crippen molar-refractivity contribution in [3.05, 3.63) is 41.2 Å². The van der Waals surface area contributed by atoms with E-state index in [0.717, 1.165) is 30.8 Å². The normalized spacial score (nSPS) is 32.3. The maximum atomic E-state index is 12.5. The summed E-state index contributed by atoms with van der Waals surface area (Å²) >= 11 is 7.56. The number of halogens is 1. The van der Waals surface area contributed by atoms with Crippen LogP contribution in [0.25, 0.3) is 0 Å². The van der Waals surface area contributed by atoms with E-state index in [-0.39, 0.29) is 17.9 Å². The number of nitrogens with one attached hydrogen (secondary N) is 1. The predicted molar refractivity (Wildman–Crippen MR) is 112 cm³/mol. The van der Waals surface area contributed by atoms with Crippen molar-refractivity contribution in [2.24, 2.45) is 11.8 Å². The third-order valence-electron chi connectivity index (χ3n) is 6.28. The lowest BCUT2D eigenvalue weighted by Crippen LogP contribution is -2.63. The third-order valence-corrected chi connectivity index (χ3v) is 7.97. The van der Waals surface area contributed by atoms with E-state index in [1.807, 2.05) is 25.1 Å². The Kier molecular flexibility index (Phi) is 6.02. The molecule has 2 saturated heterocycles. The largest absolute Gasteiger partial charge is 0.393 e. The monoisotopic (exact) mass is 436 g/mol. The Balaban J connectivity index is 1.41. The van der Waals surface area contributed by atoms with Gasteiger partial charge in [0.05, 0.1) is 18.1 Å². The Morgan fingerprint density at radius 2 is 2.14 bits per heavy atom. The number of aryl methyl sites for hydroxylation is 1. The summed E-state index contributed by atoms with van der Waals surface area (Å²) in [5.41, 5.74) is 0.333. The molecule has 0 aromatic carbocycles. The Hall–Kier alpha value is -1.41. The molecule has 6 atom stereocenters. The minimum Gasteiger partial charge on any atom is -0.393 e. The molecule has 0 radical (unpaired) electrons. The van der Waals surface area contributed by atoms with E-state index in [1.54, 1.807) is 18.7 Å². The average molecular weight is 437 g/mol. The summed E-state index contributed by atoms with van der Waals surface area (Å²) in [6.07, 6.45) is 5.47. The average Bonchev–Trinajstić information content (AvgIpc) is 3.22. The molecule has 0 saturated carbocycles. The van der Waals surface area contributed by atoms with Gasteiger partial charge in [0, 0.05) is 47.2 Å². The molecular weight excluding hydrogens is 410 g/mol. The number of aliphatic hydroxyl groups excluding tert-OH is 1. The van der Waals surface area contributed by atoms with Crippen LogP contribution in [0.1, 0.15) is 26.7 Å². The highest BCUT2D eigenvalue weighted by Gasteiger charge is 2.59. The maximum absolute atomic E-state index is 12.5. The number of carbonyl (C=O) groups excluding carboxylic acids is 2. The molecule has 2 fully saturated rings. The minimum absolute atomic E-state index is 0.00826. The molecule has 8 heteroatoms. The topological polar surface area (TPSA) is 73.5 Å². The molecule has 4 rings (SSSR count). The van der Waals surface area contributed by atoms with E-state index >= 15 is 0 Å². The SMILES string of the molecule is C[C@@H](O)[C@H]1C(=O)N2C(C(=O)Cl)=C(S[C@@H]3CN[C@H](CC[n+]4ccccc4)C3)[C@H](C)[C@H]12. The fourth-order valence-corrected chi connectivity index (χ4v) is 6.59. The summed E-state index contributed by atoms with van der Waals surface area (Å²) < 4.78 is 2.18. The molecule has 6 nitrogen and oxygen atoms in total. The van der Waals surface area contributed by atoms with Gasteiger partial charge in [-0.2, -0.15) is 0 Å². The summed E-state index contributed by atoms with van der Waals surface area (Å²) in [7, 11) is 0. The molecule has 156 valence electrons. The van der Waals surface area contributed by atoms with Crippen molar-refractivity contribution in [1.82, 2.24) is 10.2 Å². The number of pyridine rings is 1. The van der Waals surface area contributed by atoms with E-state index in [4.69, 9.17) is 11.6 Å². The van der Waals surface area contributed by atoms with E-state index in [9.17, 15) is 14.7 Å². The summed E-state index contributed by atoms with van der Waals surface area (Å²) in [5, 5.41) is 13.3. The summed E-state index contributed by atoms with van der Waals surface area (Å²) in [6, 6.07) is 6.34.